The van der Waals surface area contributed by atoms with E-state index in [9.17, 15) is 4.79 Å². The van der Waals surface area contributed by atoms with Gasteiger partial charge in [-0.2, -0.15) is 0 Å². The average molecular weight is 313 g/mol. The number of carbonyl (C=O) groups excluding carboxylic acids is 1. The lowest BCUT2D eigenvalue weighted by Crippen LogP contribution is -2.39. The standard InChI is InChI=1S/C20H27NO2/c1-3-23-19-7-5-4-6-16(19)10-11-20(22)21-14(2)18-13-15-8-9-17(18)12-15/h4-7,10-11,14-15,17-18H,3,8-9,12-13H2,1-2H3,(H,21,22). The van der Waals surface area contributed by atoms with E-state index in [1.807, 2.05) is 37.3 Å². The van der Waals surface area contributed by atoms with Crippen LogP contribution in [0.2, 0.25) is 0 Å². The third-order valence-corrected chi connectivity index (χ3v) is 5.44. The molecule has 3 heteroatoms. The minimum atomic E-state index is -0.00780. The van der Waals surface area contributed by atoms with Crippen molar-refractivity contribution in [2.75, 3.05) is 6.61 Å². The molecule has 0 spiro atoms. The Morgan fingerprint density at radius 2 is 2.17 bits per heavy atom. The first-order chi connectivity index (χ1) is 11.2. The minimum absolute atomic E-state index is 0.00780. The number of hydrogen-bond acceptors (Lipinski definition) is 2. The number of benzene rings is 1. The minimum Gasteiger partial charge on any atom is -0.493 e. The highest BCUT2D eigenvalue weighted by Crippen LogP contribution is 2.49. The molecule has 1 amide bonds. The number of ether oxygens (including phenoxy) is 1. The number of carbonyl (C=O) groups is 1. The molecule has 0 aromatic heterocycles. The molecule has 0 radical (unpaired) electrons. The smallest absolute Gasteiger partial charge is 0.244 e. The van der Waals surface area contributed by atoms with Crippen LogP contribution in [0.25, 0.3) is 6.08 Å². The van der Waals surface area contributed by atoms with Gasteiger partial charge in [0.05, 0.1) is 6.61 Å². The fraction of sp³-hybridized carbons (Fsp3) is 0.550. The summed E-state index contributed by atoms with van der Waals surface area (Å²) in [5.74, 6) is 3.23. The first kappa shape index (κ1) is 16.1. The monoisotopic (exact) mass is 313 g/mol. The van der Waals surface area contributed by atoms with E-state index in [1.165, 1.54) is 25.7 Å². The van der Waals surface area contributed by atoms with Crippen molar-refractivity contribution < 1.29 is 9.53 Å². The number of nitrogens with one attached hydrogen (secondary N) is 1. The van der Waals surface area contributed by atoms with Gasteiger partial charge in [-0.3, -0.25) is 4.79 Å². The number of amides is 1. The van der Waals surface area contributed by atoms with Crippen LogP contribution in [0.1, 0.15) is 45.1 Å². The molecular formula is C20H27NO2. The van der Waals surface area contributed by atoms with E-state index >= 15 is 0 Å². The predicted octanol–water partition coefficient (Wildman–Crippen LogP) is 4.04. The number of para-hydroxylation sites is 1. The van der Waals surface area contributed by atoms with E-state index < -0.39 is 0 Å². The first-order valence-corrected chi connectivity index (χ1v) is 8.87. The molecule has 3 rings (SSSR count). The molecular weight excluding hydrogens is 286 g/mol. The van der Waals surface area contributed by atoms with Crippen LogP contribution in [-0.2, 0) is 4.79 Å². The first-order valence-electron chi connectivity index (χ1n) is 8.87. The lowest BCUT2D eigenvalue weighted by atomic mass is 9.84. The van der Waals surface area contributed by atoms with Gasteiger partial charge >= 0.3 is 0 Å². The van der Waals surface area contributed by atoms with Gasteiger partial charge in [0.2, 0.25) is 5.91 Å². The molecule has 1 aromatic carbocycles. The van der Waals surface area contributed by atoms with Crippen molar-refractivity contribution in [2.45, 2.75) is 45.6 Å². The van der Waals surface area contributed by atoms with E-state index in [4.69, 9.17) is 4.74 Å². The molecule has 4 unspecified atom stereocenters. The van der Waals surface area contributed by atoms with Gasteiger partial charge in [0.1, 0.15) is 5.75 Å². The van der Waals surface area contributed by atoms with Crippen molar-refractivity contribution in [1.82, 2.24) is 5.32 Å². The van der Waals surface area contributed by atoms with Gasteiger partial charge in [-0.15, -0.1) is 0 Å². The zero-order valence-electron chi connectivity index (χ0n) is 14.1. The second-order valence-electron chi connectivity index (χ2n) is 6.94. The highest BCUT2D eigenvalue weighted by molar-refractivity contribution is 5.92. The summed E-state index contributed by atoms with van der Waals surface area (Å²) in [6.07, 6.45) is 8.89. The molecule has 3 nitrogen and oxygen atoms in total. The van der Waals surface area contributed by atoms with Crippen molar-refractivity contribution in [2.24, 2.45) is 17.8 Å². The number of rotatable bonds is 6. The lowest BCUT2D eigenvalue weighted by molar-refractivity contribution is -0.117. The average Bonchev–Trinajstić information content (AvgIpc) is 3.17. The van der Waals surface area contributed by atoms with Crippen LogP contribution < -0.4 is 10.1 Å². The van der Waals surface area contributed by atoms with E-state index in [0.717, 1.165) is 23.1 Å². The fourth-order valence-electron chi connectivity index (χ4n) is 4.36. The van der Waals surface area contributed by atoms with Gasteiger partial charge < -0.3 is 10.1 Å². The Morgan fingerprint density at radius 1 is 1.35 bits per heavy atom. The summed E-state index contributed by atoms with van der Waals surface area (Å²) >= 11 is 0. The topological polar surface area (TPSA) is 38.3 Å². The summed E-state index contributed by atoms with van der Waals surface area (Å²) in [6.45, 7) is 4.74. The van der Waals surface area contributed by atoms with Gasteiger partial charge in [-0.1, -0.05) is 24.6 Å². The van der Waals surface area contributed by atoms with E-state index in [-0.39, 0.29) is 11.9 Å². The Hall–Kier alpha value is -1.77. The quantitative estimate of drug-likeness (QED) is 0.805. The summed E-state index contributed by atoms with van der Waals surface area (Å²) in [4.78, 5) is 12.2. The van der Waals surface area contributed by atoms with Gasteiger partial charge in [0.25, 0.3) is 0 Å². The van der Waals surface area contributed by atoms with Gasteiger partial charge in [-0.25, -0.2) is 0 Å². The Morgan fingerprint density at radius 3 is 2.87 bits per heavy atom. The molecule has 0 aliphatic heterocycles. The van der Waals surface area contributed by atoms with Crippen LogP contribution in [0.3, 0.4) is 0 Å². The molecule has 2 saturated carbocycles. The van der Waals surface area contributed by atoms with Crippen LogP contribution in [0.15, 0.2) is 30.3 Å². The molecule has 0 heterocycles. The van der Waals surface area contributed by atoms with E-state index in [2.05, 4.69) is 12.2 Å². The highest BCUT2D eigenvalue weighted by Gasteiger charge is 2.41. The SMILES string of the molecule is CCOc1ccccc1C=CC(=O)NC(C)C1CC2CCC1C2. The van der Waals surface area contributed by atoms with Crippen LogP contribution >= 0.6 is 0 Å². The zero-order valence-corrected chi connectivity index (χ0v) is 14.1. The predicted molar refractivity (Wildman–Crippen MR) is 93.2 cm³/mol. The molecule has 2 aliphatic rings. The summed E-state index contributed by atoms with van der Waals surface area (Å²) in [7, 11) is 0. The molecule has 23 heavy (non-hydrogen) atoms. The summed E-state index contributed by atoms with van der Waals surface area (Å²) in [5.41, 5.74) is 0.942. The Balaban J connectivity index is 1.56. The summed E-state index contributed by atoms with van der Waals surface area (Å²) in [6, 6.07) is 8.06. The van der Waals surface area contributed by atoms with Gasteiger partial charge in [-0.05, 0) is 63.0 Å². The third-order valence-electron chi connectivity index (χ3n) is 5.44. The van der Waals surface area contributed by atoms with E-state index in [0.29, 0.717) is 12.5 Å². The molecule has 2 bridgehead atoms. The normalized spacial score (nSPS) is 27.3. The number of fused-ring (bicyclic) bond motifs is 2. The lowest BCUT2D eigenvalue weighted by Gasteiger charge is -2.28. The van der Waals surface area contributed by atoms with Gasteiger partial charge in [0.15, 0.2) is 0 Å². The van der Waals surface area contributed by atoms with Crippen LogP contribution in [0, 0.1) is 17.8 Å². The molecule has 2 aliphatic carbocycles. The molecule has 1 N–H and O–H groups in total. The van der Waals surface area contributed by atoms with Crippen molar-refractivity contribution in [3.63, 3.8) is 0 Å². The van der Waals surface area contributed by atoms with Crippen molar-refractivity contribution in [3.05, 3.63) is 35.9 Å². The maximum absolute atomic E-state index is 12.2. The zero-order chi connectivity index (χ0) is 16.2. The summed E-state index contributed by atoms with van der Waals surface area (Å²) < 4.78 is 5.58. The highest BCUT2D eigenvalue weighted by atomic mass is 16.5. The molecule has 124 valence electrons. The van der Waals surface area contributed by atoms with Crippen LogP contribution in [0.5, 0.6) is 5.75 Å². The molecule has 4 atom stereocenters. The van der Waals surface area contributed by atoms with Crippen LogP contribution in [-0.4, -0.2) is 18.6 Å². The maximum atomic E-state index is 12.2. The largest absolute Gasteiger partial charge is 0.493 e. The van der Waals surface area contributed by atoms with Crippen LogP contribution in [0.4, 0.5) is 0 Å². The van der Waals surface area contributed by atoms with Crippen molar-refractivity contribution >= 4 is 12.0 Å². The fourth-order valence-corrected chi connectivity index (χ4v) is 4.36. The second-order valence-corrected chi connectivity index (χ2v) is 6.94. The molecule has 0 saturated heterocycles. The maximum Gasteiger partial charge on any atom is 0.244 e. The second kappa shape index (κ2) is 7.20. The Labute approximate surface area is 139 Å². The molecule has 2 fully saturated rings. The van der Waals surface area contributed by atoms with E-state index in [1.54, 1.807) is 6.08 Å². The number of hydrogen-bond donors (Lipinski definition) is 1. The molecule has 1 aromatic rings. The Kier molecular flexibility index (Phi) is 5.04. The summed E-state index contributed by atoms with van der Waals surface area (Å²) in [5, 5.41) is 3.16. The third kappa shape index (κ3) is 3.77. The van der Waals surface area contributed by atoms with Gasteiger partial charge in [0, 0.05) is 17.7 Å². The van der Waals surface area contributed by atoms with Crippen molar-refractivity contribution in [3.8, 4) is 5.75 Å². The van der Waals surface area contributed by atoms with Crippen molar-refractivity contribution in [1.29, 1.82) is 0 Å². The Bertz CT molecular complexity index is 581.